The van der Waals surface area contributed by atoms with Gasteiger partial charge in [0.1, 0.15) is 0 Å². The number of fused-ring (bicyclic) bond motifs is 2. The number of benzene rings is 6. The molecule has 6 aromatic carbocycles. The summed E-state index contributed by atoms with van der Waals surface area (Å²) in [5.41, 5.74) is 7.32. The largest absolute Gasteiger partial charge is 0.309 e. The van der Waals surface area contributed by atoms with Gasteiger partial charge in [-0.25, -0.2) is 0 Å². The fourth-order valence-corrected chi connectivity index (χ4v) is 6.49. The lowest BCUT2D eigenvalue weighted by Crippen LogP contribution is -1.95. The lowest BCUT2D eigenvalue weighted by molar-refractivity contribution is 1.18. The molecule has 0 aliphatic heterocycles. The maximum atomic E-state index is 4.54. The molecular weight excluding hydrogens is 424 g/mol. The Labute approximate surface area is 200 Å². The number of rotatable bonds is 1. The van der Waals surface area contributed by atoms with E-state index in [9.17, 15) is 0 Å². The molecule has 160 valence electrons. The molecule has 0 atom stereocenters. The van der Waals surface area contributed by atoms with E-state index in [0.29, 0.717) is 0 Å². The summed E-state index contributed by atoms with van der Waals surface area (Å²) in [4.78, 5) is 4.54. The van der Waals surface area contributed by atoms with Crippen LogP contribution >= 0.6 is 0 Å². The zero-order valence-electron chi connectivity index (χ0n) is 18.8. The van der Waals surface area contributed by atoms with Gasteiger partial charge in [-0.3, -0.25) is 4.98 Å². The number of pyridine rings is 1. The standard InChI is InChI=1S/C33H18N2/c1-4-19-9-10-20-11-12-21-13-16-28-33-31(21)30(20)29(19)24(6-1)25-7-2-8-27(32(25)33)35(28)23-14-15-26-22(18-23)5-3-17-34-26/h1-18H. The number of aromatic nitrogens is 2. The predicted molar refractivity (Wildman–Crippen MR) is 148 cm³/mol. The molecule has 2 nitrogen and oxygen atoms in total. The normalized spacial score (nSPS) is 12.6. The molecule has 0 bridgehead atoms. The third kappa shape index (κ3) is 2.09. The summed E-state index contributed by atoms with van der Waals surface area (Å²) < 4.78 is 2.44. The van der Waals surface area contributed by atoms with E-state index in [0.717, 1.165) is 10.9 Å². The summed E-state index contributed by atoms with van der Waals surface area (Å²) >= 11 is 0. The lowest BCUT2D eigenvalue weighted by Gasteiger charge is -2.14. The SMILES string of the molecule is c1cnc2ccc(-n3c4cccc5c4c4c6c(ccc7ccc8cccc-5c8c76)ccc43)cc2c1. The summed E-state index contributed by atoms with van der Waals surface area (Å²) in [6, 6.07) is 38.0. The van der Waals surface area contributed by atoms with Gasteiger partial charge in [0.2, 0.25) is 0 Å². The second-order valence-electron chi connectivity index (χ2n) is 9.61. The highest BCUT2D eigenvalue weighted by Gasteiger charge is 2.23. The highest BCUT2D eigenvalue weighted by molar-refractivity contribution is 6.38. The highest BCUT2D eigenvalue weighted by atomic mass is 15.0. The van der Waals surface area contributed by atoms with Crippen molar-refractivity contribution in [2.24, 2.45) is 0 Å². The van der Waals surface area contributed by atoms with Gasteiger partial charge >= 0.3 is 0 Å². The van der Waals surface area contributed by atoms with Crippen LogP contribution in [0, 0.1) is 0 Å². The van der Waals surface area contributed by atoms with Gasteiger partial charge in [0.25, 0.3) is 0 Å². The topological polar surface area (TPSA) is 17.8 Å². The van der Waals surface area contributed by atoms with Crippen molar-refractivity contribution in [2.75, 3.05) is 0 Å². The van der Waals surface area contributed by atoms with Crippen LogP contribution in [0.5, 0.6) is 0 Å². The van der Waals surface area contributed by atoms with E-state index in [1.54, 1.807) is 0 Å². The van der Waals surface area contributed by atoms with E-state index in [1.165, 1.54) is 70.9 Å². The Kier molecular flexibility index (Phi) is 3.07. The van der Waals surface area contributed by atoms with Crippen LogP contribution in [0.2, 0.25) is 0 Å². The zero-order valence-corrected chi connectivity index (χ0v) is 18.8. The second kappa shape index (κ2) is 6.05. The second-order valence-corrected chi connectivity index (χ2v) is 9.61. The van der Waals surface area contributed by atoms with Crippen molar-refractivity contribution < 1.29 is 0 Å². The summed E-state index contributed by atoms with van der Waals surface area (Å²) in [5, 5.41) is 11.9. The predicted octanol–water partition coefficient (Wildman–Crippen LogP) is 8.77. The molecule has 0 unspecified atom stereocenters. The molecule has 0 spiro atoms. The van der Waals surface area contributed by atoms with Gasteiger partial charge in [0, 0.05) is 33.4 Å². The van der Waals surface area contributed by atoms with Gasteiger partial charge in [0.15, 0.2) is 0 Å². The molecule has 2 heterocycles. The molecule has 35 heavy (non-hydrogen) atoms. The van der Waals surface area contributed by atoms with Crippen LogP contribution in [0.3, 0.4) is 0 Å². The fourth-order valence-electron chi connectivity index (χ4n) is 6.49. The summed E-state index contributed by atoms with van der Waals surface area (Å²) in [6.45, 7) is 0. The number of hydrogen-bond acceptors (Lipinski definition) is 1. The molecule has 9 rings (SSSR count). The molecule has 0 amide bonds. The third-order valence-corrected chi connectivity index (χ3v) is 7.90. The van der Waals surface area contributed by atoms with E-state index >= 15 is 0 Å². The van der Waals surface area contributed by atoms with E-state index in [1.807, 2.05) is 12.3 Å². The summed E-state index contributed by atoms with van der Waals surface area (Å²) in [5.74, 6) is 0. The van der Waals surface area contributed by atoms with Crippen LogP contribution in [-0.4, -0.2) is 9.55 Å². The Morgan fingerprint density at radius 2 is 1.11 bits per heavy atom. The van der Waals surface area contributed by atoms with Crippen LogP contribution in [-0.2, 0) is 0 Å². The van der Waals surface area contributed by atoms with Gasteiger partial charge in [-0.2, -0.15) is 0 Å². The van der Waals surface area contributed by atoms with Crippen molar-refractivity contribution in [3.8, 4) is 16.8 Å². The van der Waals surface area contributed by atoms with Crippen LogP contribution in [0.25, 0.3) is 81.8 Å². The average Bonchev–Trinajstić information content (AvgIpc) is 3.19. The molecule has 0 radical (unpaired) electrons. The summed E-state index contributed by atoms with van der Waals surface area (Å²) in [6.07, 6.45) is 1.86. The van der Waals surface area contributed by atoms with Crippen molar-refractivity contribution in [2.45, 2.75) is 0 Å². The Morgan fingerprint density at radius 1 is 0.457 bits per heavy atom. The maximum absolute atomic E-state index is 4.54. The molecule has 0 N–H and O–H groups in total. The minimum absolute atomic E-state index is 1.02. The Bertz CT molecular complexity index is 2210. The van der Waals surface area contributed by atoms with Crippen LogP contribution < -0.4 is 0 Å². The van der Waals surface area contributed by atoms with Crippen molar-refractivity contribution in [1.29, 1.82) is 0 Å². The number of nitrogens with zero attached hydrogens (tertiary/aromatic N) is 2. The molecule has 0 saturated heterocycles. The first-order chi connectivity index (χ1) is 17.4. The van der Waals surface area contributed by atoms with Crippen LogP contribution in [0.4, 0.5) is 0 Å². The molecule has 2 aromatic heterocycles. The van der Waals surface area contributed by atoms with E-state index in [-0.39, 0.29) is 0 Å². The lowest BCUT2D eigenvalue weighted by atomic mass is 9.93. The molecule has 1 aliphatic carbocycles. The quantitative estimate of drug-likeness (QED) is 0.232. The van der Waals surface area contributed by atoms with Crippen molar-refractivity contribution in [3.63, 3.8) is 0 Å². The van der Waals surface area contributed by atoms with Crippen molar-refractivity contribution in [3.05, 3.63) is 109 Å². The van der Waals surface area contributed by atoms with E-state index < -0.39 is 0 Å². The molecule has 0 fully saturated rings. The molecule has 2 heteroatoms. The third-order valence-electron chi connectivity index (χ3n) is 7.90. The van der Waals surface area contributed by atoms with Gasteiger partial charge < -0.3 is 4.57 Å². The molecule has 8 aromatic rings. The highest BCUT2D eigenvalue weighted by Crippen LogP contribution is 2.49. The Morgan fingerprint density at radius 3 is 1.97 bits per heavy atom. The van der Waals surface area contributed by atoms with Crippen molar-refractivity contribution in [1.82, 2.24) is 9.55 Å². The molecular formula is C33H18N2. The first kappa shape index (κ1) is 17.7. The monoisotopic (exact) mass is 442 g/mol. The first-order valence-corrected chi connectivity index (χ1v) is 12.1. The zero-order chi connectivity index (χ0) is 22.7. The van der Waals surface area contributed by atoms with Crippen LogP contribution in [0.1, 0.15) is 0 Å². The van der Waals surface area contributed by atoms with Gasteiger partial charge in [-0.15, -0.1) is 0 Å². The smallest absolute Gasteiger partial charge is 0.0703 e. The molecule has 1 aliphatic rings. The van der Waals surface area contributed by atoms with Gasteiger partial charge in [-0.05, 0) is 74.5 Å². The first-order valence-electron chi connectivity index (χ1n) is 12.1. The minimum atomic E-state index is 1.02. The Hall–Kier alpha value is -4.69. The van der Waals surface area contributed by atoms with Crippen molar-refractivity contribution >= 4 is 65.0 Å². The van der Waals surface area contributed by atoms with E-state index in [4.69, 9.17) is 0 Å². The fraction of sp³-hybridized carbons (Fsp3) is 0. The number of hydrogen-bond donors (Lipinski definition) is 0. The summed E-state index contributed by atoms with van der Waals surface area (Å²) in [7, 11) is 0. The van der Waals surface area contributed by atoms with E-state index in [2.05, 4.69) is 107 Å². The van der Waals surface area contributed by atoms with Gasteiger partial charge in [-0.1, -0.05) is 66.7 Å². The molecule has 0 saturated carbocycles. The van der Waals surface area contributed by atoms with Crippen LogP contribution in [0.15, 0.2) is 109 Å². The Balaban J connectivity index is 1.60. The minimum Gasteiger partial charge on any atom is -0.309 e. The average molecular weight is 443 g/mol. The maximum Gasteiger partial charge on any atom is 0.0703 e. The van der Waals surface area contributed by atoms with Gasteiger partial charge in [0.05, 0.1) is 16.6 Å².